The van der Waals surface area contributed by atoms with Gasteiger partial charge in [-0.1, -0.05) is 13.8 Å². The van der Waals surface area contributed by atoms with Crippen LogP contribution in [0.3, 0.4) is 0 Å². The zero-order valence-corrected chi connectivity index (χ0v) is 9.18. The smallest absolute Gasteiger partial charge is 0.0456 e. The fraction of sp³-hybridized carbons (Fsp3) is 0.400. The van der Waals surface area contributed by atoms with Crippen molar-refractivity contribution in [3.8, 4) is 0 Å². The van der Waals surface area contributed by atoms with E-state index in [2.05, 4.69) is 32.9 Å². The van der Waals surface area contributed by atoms with Crippen LogP contribution in [0.5, 0.6) is 0 Å². The largest absolute Gasteiger partial charge is 0.140 e. The van der Waals surface area contributed by atoms with Crippen LogP contribution in [0.1, 0.15) is 29.5 Å². The fourth-order valence-corrected chi connectivity index (χ4v) is 3.59. The van der Waals surface area contributed by atoms with Gasteiger partial charge in [-0.2, -0.15) is 0 Å². The standard InChI is InChI=1S/C10H12S2/c1-6(2)8-5-10-9(12-8)4-7(3)11-10/h4-6H,1-3H3. The average Bonchev–Trinajstić information content (AvgIpc) is 2.42. The molecule has 0 aliphatic heterocycles. The van der Waals surface area contributed by atoms with Gasteiger partial charge in [0.15, 0.2) is 0 Å². The van der Waals surface area contributed by atoms with Gasteiger partial charge < -0.3 is 0 Å². The Morgan fingerprint density at radius 3 is 2.33 bits per heavy atom. The molecule has 2 heterocycles. The minimum atomic E-state index is 0.676. The Kier molecular flexibility index (Phi) is 1.97. The molecule has 0 N–H and O–H groups in total. The van der Waals surface area contributed by atoms with Crippen LogP contribution in [-0.4, -0.2) is 0 Å². The van der Waals surface area contributed by atoms with Crippen LogP contribution in [0.4, 0.5) is 0 Å². The van der Waals surface area contributed by atoms with Crippen molar-refractivity contribution in [2.75, 3.05) is 0 Å². The number of rotatable bonds is 1. The minimum Gasteiger partial charge on any atom is -0.140 e. The van der Waals surface area contributed by atoms with Gasteiger partial charge in [0.05, 0.1) is 0 Å². The SMILES string of the molecule is Cc1cc2sc(C(C)C)cc2s1. The normalized spacial score (nSPS) is 11.7. The van der Waals surface area contributed by atoms with Crippen molar-refractivity contribution in [1.82, 2.24) is 0 Å². The van der Waals surface area contributed by atoms with Gasteiger partial charge in [0.2, 0.25) is 0 Å². The summed E-state index contributed by atoms with van der Waals surface area (Å²) in [7, 11) is 0. The topological polar surface area (TPSA) is 0 Å². The first-order chi connectivity index (χ1) is 5.66. The third-order valence-corrected chi connectivity index (χ3v) is 4.43. The fourth-order valence-electron chi connectivity index (χ4n) is 1.26. The van der Waals surface area contributed by atoms with Gasteiger partial charge in [0.25, 0.3) is 0 Å². The van der Waals surface area contributed by atoms with E-state index in [1.165, 1.54) is 19.2 Å². The summed E-state index contributed by atoms with van der Waals surface area (Å²) in [5, 5.41) is 0. The van der Waals surface area contributed by atoms with Gasteiger partial charge in [-0.25, -0.2) is 0 Å². The molecule has 64 valence electrons. The van der Waals surface area contributed by atoms with Crippen molar-refractivity contribution < 1.29 is 0 Å². The molecule has 2 aromatic rings. The molecule has 12 heavy (non-hydrogen) atoms. The van der Waals surface area contributed by atoms with E-state index in [1.54, 1.807) is 0 Å². The highest BCUT2D eigenvalue weighted by Gasteiger charge is 2.06. The Morgan fingerprint density at radius 1 is 1.08 bits per heavy atom. The Bertz CT molecular complexity index is 361. The van der Waals surface area contributed by atoms with Crippen LogP contribution in [0, 0.1) is 6.92 Å². The highest BCUT2D eigenvalue weighted by molar-refractivity contribution is 7.27. The number of hydrogen-bond donors (Lipinski definition) is 0. The maximum atomic E-state index is 2.34. The lowest BCUT2D eigenvalue weighted by atomic mass is 10.2. The second-order valence-corrected chi connectivity index (χ2v) is 5.79. The van der Waals surface area contributed by atoms with E-state index in [9.17, 15) is 0 Å². The molecule has 2 heteroatoms. The van der Waals surface area contributed by atoms with E-state index < -0.39 is 0 Å². The maximum absolute atomic E-state index is 2.34. The highest BCUT2D eigenvalue weighted by Crippen LogP contribution is 2.35. The van der Waals surface area contributed by atoms with Gasteiger partial charge >= 0.3 is 0 Å². The minimum absolute atomic E-state index is 0.676. The second-order valence-electron chi connectivity index (χ2n) is 3.39. The Morgan fingerprint density at radius 2 is 1.75 bits per heavy atom. The van der Waals surface area contributed by atoms with Crippen molar-refractivity contribution >= 4 is 32.1 Å². The number of fused-ring (bicyclic) bond motifs is 1. The summed E-state index contributed by atoms with van der Waals surface area (Å²) in [6.07, 6.45) is 0. The highest BCUT2D eigenvalue weighted by atomic mass is 32.1. The molecule has 2 aromatic heterocycles. The summed E-state index contributed by atoms with van der Waals surface area (Å²) in [6, 6.07) is 4.62. The van der Waals surface area contributed by atoms with Crippen LogP contribution in [0.2, 0.25) is 0 Å². The molecule has 0 aliphatic rings. The van der Waals surface area contributed by atoms with Gasteiger partial charge in [-0.15, -0.1) is 22.7 Å². The third-order valence-electron chi connectivity index (χ3n) is 1.92. The third kappa shape index (κ3) is 1.29. The Labute approximate surface area is 80.9 Å². The van der Waals surface area contributed by atoms with Crippen LogP contribution >= 0.6 is 22.7 Å². The molecular formula is C10H12S2. The van der Waals surface area contributed by atoms with E-state index in [0.29, 0.717) is 5.92 Å². The number of hydrogen-bond acceptors (Lipinski definition) is 2. The maximum Gasteiger partial charge on any atom is 0.0456 e. The van der Waals surface area contributed by atoms with Crippen LogP contribution in [-0.2, 0) is 0 Å². The summed E-state index contributed by atoms with van der Waals surface area (Å²) in [5.41, 5.74) is 0. The molecule has 0 aliphatic carbocycles. The van der Waals surface area contributed by atoms with Crippen molar-refractivity contribution in [2.45, 2.75) is 26.7 Å². The first-order valence-corrected chi connectivity index (χ1v) is 5.80. The molecule has 0 saturated carbocycles. The zero-order chi connectivity index (χ0) is 8.72. The van der Waals surface area contributed by atoms with Gasteiger partial charge in [0, 0.05) is 19.2 Å². The zero-order valence-electron chi connectivity index (χ0n) is 7.55. The summed E-state index contributed by atoms with van der Waals surface area (Å²) < 4.78 is 2.92. The van der Waals surface area contributed by atoms with E-state index in [1.807, 2.05) is 22.7 Å². The number of aryl methyl sites for hydroxylation is 1. The molecular weight excluding hydrogens is 184 g/mol. The molecule has 0 saturated heterocycles. The number of thiophene rings is 2. The van der Waals surface area contributed by atoms with Gasteiger partial charge in [-0.3, -0.25) is 0 Å². The average molecular weight is 196 g/mol. The lowest BCUT2D eigenvalue weighted by Crippen LogP contribution is -1.77. The Hall–Kier alpha value is -0.340. The Balaban J connectivity index is 2.57. The molecule has 0 unspecified atom stereocenters. The lowest BCUT2D eigenvalue weighted by molar-refractivity contribution is 0.891. The quantitative estimate of drug-likeness (QED) is 0.634. The van der Waals surface area contributed by atoms with E-state index in [-0.39, 0.29) is 0 Å². The molecule has 0 fully saturated rings. The molecule has 2 rings (SSSR count). The van der Waals surface area contributed by atoms with E-state index >= 15 is 0 Å². The predicted molar refractivity (Wildman–Crippen MR) is 58.5 cm³/mol. The van der Waals surface area contributed by atoms with E-state index in [4.69, 9.17) is 0 Å². The first kappa shape index (κ1) is 8.27. The molecule has 0 amide bonds. The van der Waals surface area contributed by atoms with Crippen LogP contribution in [0.15, 0.2) is 12.1 Å². The van der Waals surface area contributed by atoms with Crippen molar-refractivity contribution in [2.24, 2.45) is 0 Å². The summed E-state index contributed by atoms with van der Waals surface area (Å²) in [5.74, 6) is 0.676. The lowest BCUT2D eigenvalue weighted by Gasteiger charge is -1.96. The van der Waals surface area contributed by atoms with E-state index in [0.717, 1.165) is 0 Å². The van der Waals surface area contributed by atoms with Crippen molar-refractivity contribution in [1.29, 1.82) is 0 Å². The monoisotopic (exact) mass is 196 g/mol. The predicted octanol–water partition coefficient (Wildman–Crippen LogP) is 4.39. The van der Waals surface area contributed by atoms with Gasteiger partial charge in [-0.05, 0) is 25.0 Å². The van der Waals surface area contributed by atoms with Gasteiger partial charge in [0.1, 0.15) is 0 Å². The molecule has 0 radical (unpaired) electrons. The first-order valence-electron chi connectivity index (χ1n) is 4.16. The second kappa shape index (κ2) is 2.86. The van der Waals surface area contributed by atoms with Crippen molar-refractivity contribution in [3.63, 3.8) is 0 Å². The molecule has 0 spiro atoms. The molecule has 0 aromatic carbocycles. The van der Waals surface area contributed by atoms with Crippen molar-refractivity contribution in [3.05, 3.63) is 21.9 Å². The molecule has 0 bridgehead atoms. The molecule has 0 atom stereocenters. The molecule has 0 nitrogen and oxygen atoms in total. The summed E-state index contributed by atoms with van der Waals surface area (Å²) >= 11 is 3.84. The summed E-state index contributed by atoms with van der Waals surface area (Å²) in [4.78, 5) is 2.93. The van der Waals surface area contributed by atoms with Crippen LogP contribution in [0.25, 0.3) is 9.40 Å². The summed E-state index contributed by atoms with van der Waals surface area (Å²) in [6.45, 7) is 6.68. The van der Waals surface area contributed by atoms with Crippen LogP contribution < -0.4 is 0 Å².